The quantitative estimate of drug-likeness (QED) is 0.656. The zero-order valence-electron chi connectivity index (χ0n) is 12.9. The van der Waals surface area contributed by atoms with Crippen LogP contribution in [-0.2, 0) is 6.54 Å². The second-order valence-electron chi connectivity index (χ2n) is 5.01. The van der Waals surface area contributed by atoms with Crippen LogP contribution in [0.5, 0.6) is 0 Å². The summed E-state index contributed by atoms with van der Waals surface area (Å²) in [6, 6.07) is 2.18. The predicted octanol–water partition coefficient (Wildman–Crippen LogP) is 3.29. The Balaban J connectivity index is 1.82. The first-order chi connectivity index (χ1) is 10.1. The number of nitrogens with one attached hydrogen (secondary N) is 2. The first kappa shape index (κ1) is 16.0. The number of hydrogen-bond acceptors (Lipinski definition) is 4. The Morgan fingerprint density at radius 3 is 2.76 bits per heavy atom. The number of rotatable bonds is 5. The van der Waals surface area contributed by atoms with Gasteiger partial charge in [-0.1, -0.05) is 6.92 Å². The van der Waals surface area contributed by atoms with Crippen LogP contribution in [0.4, 0.5) is 0 Å². The maximum atomic E-state index is 4.44. The predicted molar refractivity (Wildman–Crippen MR) is 92.5 cm³/mol. The topological polar surface area (TPSA) is 49.3 Å². The number of hydrogen-bond donors (Lipinski definition) is 2. The Bertz CT molecular complexity index is 587. The highest BCUT2D eigenvalue weighted by atomic mass is 32.1. The van der Waals surface area contributed by atoms with Crippen molar-refractivity contribution in [2.45, 2.75) is 33.2 Å². The molecule has 0 saturated heterocycles. The van der Waals surface area contributed by atoms with Gasteiger partial charge in [-0.15, -0.1) is 11.3 Å². The molecule has 0 bridgehead atoms. The number of thiophene rings is 1. The van der Waals surface area contributed by atoms with E-state index in [1.165, 1.54) is 10.4 Å². The van der Waals surface area contributed by atoms with Crippen molar-refractivity contribution in [3.63, 3.8) is 0 Å². The molecule has 2 N–H and O–H groups in total. The first-order valence-electron chi connectivity index (χ1n) is 6.99. The van der Waals surface area contributed by atoms with Crippen molar-refractivity contribution in [1.29, 1.82) is 0 Å². The van der Waals surface area contributed by atoms with Gasteiger partial charge in [0.2, 0.25) is 0 Å². The smallest absolute Gasteiger partial charge is 0.191 e. The molecule has 2 aromatic heterocycles. The van der Waals surface area contributed by atoms with Crippen molar-refractivity contribution in [3.05, 3.63) is 38.0 Å². The van der Waals surface area contributed by atoms with Crippen LogP contribution in [0.1, 0.15) is 34.0 Å². The minimum Gasteiger partial charge on any atom is -0.356 e. The van der Waals surface area contributed by atoms with Crippen LogP contribution >= 0.6 is 22.7 Å². The zero-order chi connectivity index (χ0) is 15.2. The first-order valence-corrected chi connectivity index (χ1v) is 8.75. The zero-order valence-corrected chi connectivity index (χ0v) is 14.6. The summed E-state index contributed by atoms with van der Waals surface area (Å²) in [5.41, 5.74) is 2.48. The number of thiazole rings is 1. The van der Waals surface area contributed by atoms with Crippen molar-refractivity contribution < 1.29 is 0 Å². The summed E-state index contributed by atoms with van der Waals surface area (Å²) in [5.74, 6) is 1.31. The SMILES string of the molecule is CN=C(NCc1sc(C)nc1C)NCC(C)c1ccsc1. The van der Waals surface area contributed by atoms with E-state index in [0.717, 1.165) is 29.8 Å². The third kappa shape index (κ3) is 4.54. The molecule has 0 fully saturated rings. The van der Waals surface area contributed by atoms with Crippen molar-refractivity contribution in [2.75, 3.05) is 13.6 Å². The fourth-order valence-corrected chi connectivity index (χ4v) is 3.70. The molecule has 0 aromatic carbocycles. The molecule has 2 rings (SSSR count). The Morgan fingerprint density at radius 2 is 2.19 bits per heavy atom. The molecule has 0 aliphatic carbocycles. The van der Waals surface area contributed by atoms with Crippen molar-refractivity contribution >= 4 is 28.6 Å². The van der Waals surface area contributed by atoms with Crippen LogP contribution in [0.3, 0.4) is 0 Å². The molecular formula is C15H22N4S2. The van der Waals surface area contributed by atoms with Crippen molar-refractivity contribution in [2.24, 2.45) is 4.99 Å². The molecular weight excluding hydrogens is 300 g/mol. The van der Waals surface area contributed by atoms with Gasteiger partial charge >= 0.3 is 0 Å². The fraction of sp³-hybridized carbons (Fsp3) is 0.467. The molecule has 21 heavy (non-hydrogen) atoms. The lowest BCUT2D eigenvalue weighted by atomic mass is 10.1. The average molecular weight is 323 g/mol. The second-order valence-corrected chi connectivity index (χ2v) is 7.07. The van der Waals surface area contributed by atoms with Crippen LogP contribution in [0.25, 0.3) is 0 Å². The molecule has 4 nitrogen and oxygen atoms in total. The lowest BCUT2D eigenvalue weighted by Crippen LogP contribution is -2.38. The molecule has 0 spiro atoms. The number of aromatic nitrogens is 1. The molecule has 114 valence electrons. The van der Waals surface area contributed by atoms with Gasteiger partial charge in [0.1, 0.15) is 0 Å². The molecule has 0 radical (unpaired) electrons. The molecule has 0 amide bonds. The van der Waals surface area contributed by atoms with Gasteiger partial charge in [-0.25, -0.2) is 4.98 Å². The van der Waals surface area contributed by atoms with E-state index in [1.54, 1.807) is 29.7 Å². The summed E-state index contributed by atoms with van der Waals surface area (Å²) < 4.78 is 0. The highest BCUT2D eigenvalue weighted by Crippen LogP contribution is 2.17. The molecule has 0 saturated carbocycles. The third-order valence-corrected chi connectivity index (χ3v) is 5.10. The maximum absolute atomic E-state index is 4.44. The molecule has 6 heteroatoms. The van der Waals surface area contributed by atoms with Gasteiger partial charge in [0.15, 0.2) is 5.96 Å². The summed E-state index contributed by atoms with van der Waals surface area (Å²) in [5, 5.41) is 12.2. The van der Waals surface area contributed by atoms with Crippen molar-refractivity contribution in [3.8, 4) is 0 Å². The van der Waals surface area contributed by atoms with Crippen LogP contribution in [0, 0.1) is 13.8 Å². The van der Waals surface area contributed by atoms with Crippen LogP contribution in [-0.4, -0.2) is 24.5 Å². The highest BCUT2D eigenvalue weighted by Gasteiger charge is 2.08. The lowest BCUT2D eigenvalue weighted by molar-refractivity contribution is 0.701. The molecule has 0 aliphatic heterocycles. The standard InChI is InChI=1S/C15H22N4S2/c1-10(13-5-6-20-9-13)7-17-15(16-4)18-8-14-11(2)19-12(3)21-14/h5-6,9-10H,7-8H2,1-4H3,(H2,16,17,18). The summed E-state index contributed by atoms with van der Waals surface area (Å²) in [6.07, 6.45) is 0. The monoisotopic (exact) mass is 322 g/mol. The molecule has 1 atom stereocenters. The summed E-state index contributed by atoms with van der Waals surface area (Å²) >= 11 is 3.47. The van der Waals surface area contributed by atoms with E-state index in [0.29, 0.717) is 5.92 Å². The van der Waals surface area contributed by atoms with Gasteiger partial charge in [-0.05, 0) is 42.2 Å². The summed E-state index contributed by atoms with van der Waals surface area (Å²) in [4.78, 5) is 9.98. The summed E-state index contributed by atoms with van der Waals surface area (Å²) in [6.45, 7) is 7.95. The van der Waals surface area contributed by atoms with E-state index in [-0.39, 0.29) is 0 Å². The fourth-order valence-electron chi connectivity index (χ4n) is 2.05. The maximum Gasteiger partial charge on any atom is 0.191 e. The van der Waals surface area contributed by atoms with Gasteiger partial charge in [0.05, 0.1) is 17.2 Å². The second kappa shape index (κ2) is 7.56. The Hall–Kier alpha value is -1.40. The van der Waals surface area contributed by atoms with Crippen molar-refractivity contribution in [1.82, 2.24) is 15.6 Å². The van der Waals surface area contributed by atoms with E-state index in [4.69, 9.17) is 0 Å². The Labute approximate surface area is 134 Å². The average Bonchev–Trinajstić information content (AvgIpc) is 3.09. The lowest BCUT2D eigenvalue weighted by Gasteiger charge is -2.15. The van der Waals surface area contributed by atoms with Crippen LogP contribution < -0.4 is 10.6 Å². The van der Waals surface area contributed by atoms with Gasteiger partial charge in [-0.2, -0.15) is 11.3 Å². The van der Waals surface area contributed by atoms with E-state index in [2.05, 4.69) is 51.3 Å². The van der Waals surface area contributed by atoms with E-state index >= 15 is 0 Å². The molecule has 1 unspecified atom stereocenters. The minimum atomic E-state index is 0.474. The van der Waals surface area contributed by atoms with Crippen LogP contribution in [0.15, 0.2) is 21.8 Å². The van der Waals surface area contributed by atoms with Crippen LogP contribution in [0.2, 0.25) is 0 Å². The van der Waals surface area contributed by atoms with E-state index in [9.17, 15) is 0 Å². The number of aryl methyl sites for hydroxylation is 2. The molecule has 2 aromatic rings. The van der Waals surface area contributed by atoms with Gasteiger partial charge in [-0.3, -0.25) is 4.99 Å². The minimum absolute atomic E-state index is 0.474. The summed E-state index contributed by atoms with van der Waals surface area (Å²) in [7, 11) is 1.80. The van der Waals surface area contributed by atoms with E-state index < -0.39 is 0 Å². The number of aliphatic imine (C=N–C) groups is 1. The van der Waals surface area contributed by atoms with Gasteiger partial charge in [0, 0.05) is 18.5 Å². The number of nitrogens with zero attached hydrogens (tertiary/aromatic N) is 2. The third-order valence-electron chi connectivity index (χ3n) is 3.33. The largest absolute Gasteiger partial charge is 0.356 e. The normalized spacial score (nSPS) is 13.2. The van der Waals surface area contributed by atoms with E-state index in [1.807, 2.05) is 6.92 Å². The van der Waals surface area contributed by atoms with Gasteiger partial charge in [0.25, 0.3) is 0 Å². The highest BCUT2D eigenvalue weighted by molar-refractivity contribution is 7.11. The Morgan fingerprint density at radius 1 is 1.38 bits per heavy atom. The Kier molecular flexibility index (Phi) is 5.76. The molecule has 2 heterocycles. The molecule has 0 aliphatic rings. The number of guanidine groups is 1. The van der Waals surface area contributed by atoms with Gasteiger partial charge < -0.3 is 10.6 Å².